The zero-order chi connectivity index (χ0) is 15.9. The van der Waals surface area contributed by atoms with Gasteiger partial charge >= 0.3 is 0 Å². The van der Waals surface area contributed by atoms with Crippen molar-refractivity contribution in [3.8, 4) is 5.75 Å². The predicted octanol–water partition coefficient (Wildman–Crippen LogP) is 5.74. The van der Waals surface area contributed by atoms with E-state index >= 15 is 0 Å². The minimum absolute atomic E-state index is 0.249. The Balaban J connectivity index is 2.00. The minimum atomic E-state index is 0.249. The van der Waals surface area contributed by atoms with Crippen LogP contribution in [-0.2, 0) is 0 Å². The first-order valence-corrected chi connectivity index (χ1v) is 7.99. The highest BCUT2D eigenvalue weighted by atomic mass is 16.5. The molecular weight excluding hydrogens is 270 g/mol. The Labute approximate surface area is 133 Å². The highest BCUT2D eigenvalue weighted by Gasteiger charge is 2.00. The molecule has 0 aliphatic rings. The number of benzene rings is 2. The molecule has 2 rings (SSSR count). The summed E-state index contributed by atoms with van der Waals surface area (Å²) in [5.74, 6) is 1.46. The molecule has 0 saturated heterocycles. The van der Waals surface area contributed by atoms with E-state index in [0.717, 1.165) is 23.4 Å². The minimum Gasteiger partial charge on any atom is -0.491 e. The van der Waals surface area contributed by atoms with Crippen molar-refractivity contribution in [2.24, 2.45) is 4.99 Å². The fourth-order valence-corrected chi connectivity index (χ4v) is 2.04. The highest BCUT2D eigenvalue weighted by molar-refractivity contribution is 5.82. The molecule has 0 aliphatic carbocycles. The standard InChI is InChI=1S/C20H25NO/c1-5-16(4)22-20-12-6-17(7-13-20)14-21-19-10-8-18(9-11-19)15(2)3/h6-16H,5H2,1-4H3. The number of hydrogen-bond donors (Lipinski definition) is 0. The Bertz CT molecular complexity index is 597. The van der Waals surface area contributed by atoms with Crippen molar-refractivity contribution in [2.75, 3.05) is 0 Å². The van der Waals surface area contributed by atoms with E-state index < -0.39 is 0 Å². The summed E-state index contributed by atoms with van der Waals surface area (Å²) in [5, 5.41) is 0. The summed E-state index contributed by atoms with van der Waals surface area (Å²) in [7, 11) is 0. The van der Waals surface area contributed by atoms with Gasteiger partial charge in [0.2, 0.25) is 0 Å². The van der Waals surface area contributed by atoms with Crippen LogP contribution in [0.25, 0.3) is 0 Å². The first-order valence-electron chi connectivity index (χ1n) is 7.99. The van der Waals surface area contributed by atoms with E-state index in [1.807, 2.05) is 30.5 Å². The summed E-state index contributed by atoms with van der Waals surface area (Å²) in [6.07, 6.45) is 3.14. The molecule has 2 nitrogen and oxygen atoms in total. The molecule has 116 valence electrons. The van der Waals surface area contributed by atoms with Gasteiger partial charge in [0, 0.05) is 6.21 Å². The molecule has 0 aliphatic heterocycles. The van der Waals surface area contributed by atoms with Gasteiger partial charge in [-0.25, -0.2) is 0 Å². The summed E-state index contributed by atoms with van der Waals surface area (Å²) < 4.78 is 5.77. The van der Waals surface area contributed by atoms with E-state index in [9.17, 15) is 0 Å². The Hall–Kier alpha value is -2.09. The van der Waals surface area contributed by atoms with Crippen LogP contribution in [0, 0.1) is 0 Å². The van der Waals surface area contributed by atoms with Gasteiger partial charge in [-0.1, -0.05) is 32.9 Å². The van der Waals surface area contributed by atoms with E-state index in [2.05, 4.69) is 57.0 Å². The lowest BCUT2D eigenvalue weighted by Crippen LogP contribution is -2.09. The van der Waals surface area contributed by atoms with Gasteiger partial charge in [-0.05, 0) is 66.8 Å². The fraction of sp³-hybridized carbons (Fsp3) is 0.350. The topological polar surface area (TPSA) is 21.6 Å². The third-order valence-corrected chi connectivity index (χ3v) is 3.71. The summed E-state index contributed by atoms with van der Waals surface area (Å²) >= 11 is 0. The molecule has 0 amide bonds. The Morgan fingerprint density at radius 1 is 0.955 bits per heavy atom. The van der Waals surface area contributed by atoms with Gasteiger partial charge in [0.15, 0.2) is 0 Å². The Morgan fingerprint density at radius 2 is 1.59 bits per heavy atom. The first kappa shape index (κ1) is 16.3. The van der Waals surface area contributed by atoms with Crippen molar-refractivity contribution in [1.82, 2.24) is 0 Å². The third-order valence-electron chi connectivity index (χ3n) is 3.71. The molecule has 0 N–H and O–H groups in total. The summed E-state index contributed by atoms with van der Waals surface area (Å²) in [6, 6.07) is 16.5. The van der Waals surface area contributed by atoms with Crippen LogP contribution in [0.2, 0.25) is 0 Å². The predicted molar refractivity (Wildman–Crippen MR) is 94.6 cm³/mol. The van der Waals surface area contributed by atoms with Gasteiger partial charge < -0.3 is 4.74 Å². The van der Waals surface area contributed by atoms with Crippen molar-refractivity contribution in [1.29, 1.82) is 0 Å². The molecule has 0 aromatic heterocycles. The first-order chi connectivity index (χ1) is 10.6. The van der Waals surface area contributed by atoms with Gasteiger partial charge in [0.25, 0.3) is 0 Å². The molecule has 2 aromatic rings. The van der Waals surface area contributed by atoms with Crippen LogP contribution in [0.15, 0.2) is 53.5 Å². The number of aliphatic imine (C=N–C) groups is 1. The van der Waals surface area contributed by atoms with Crippen LogP contribution in [-0.4, -0.2) is 12.3 Å². The van der Waals surface area contributed by atoms with Gasteiger partial charge in [-0.3, -0.25) is 4.99 Å². The fourth-order valence-electron chi connectivity index (χ4n) is 2.04. The molecule has 2 aromatic carbocycles. The monoisotopic (exact) mass is 295 g/mol. The summed E-state index contributed by atoms with van der Waals surface area (Å²) in [6.45, 7) is 8.59. The lowest BCUT2D eigenvalue weighted by molar-refractivity contribution is 0.217. The van der Waals surface area contributed by atoms with Crippen LogP contribution < -0.4 is 4.74 Å². The zero-order valence-corrected chi connectivity index (χ0v) is 13.9. The van der Waals surface area contributed by atoms with Crippen molar-refractivity contribution in [2.45, 2.75) is 46.1 Å². The van der Waals surface area contributed by atoms with Crippen molar-refractivity contribution in [3.63, 3.8) is 0 Å². The summed E-state index contributed by atoms with van der Waals surface area (Å²) in [4.78, 5) is 4.52. The second-order valence-electron chi connectivity index (χ2n) is 5.91. The molecule has 1 unspecified atom stereocenters. The normalized spacial score (nSPS) is 12.8. The average molecular weight is 295 g/mol. The Morgan fingerprint density at radius 3 is 2.14 bits per heavy atom. The van der Waals surface area contributed by atoms with E-state index in [0.29, 0.717) is 5.92 Å². The molecule has 0 heterocycles. The smallest absolute Gasteiger partial charge is 0.119 e. The molecule has 0 spiro atoms. The molecule has 0 radical (unpaired) electrons. The van der Waals surface area contributed by atoms with E-state index in [4.69, 9.17) is 4.74 Å². The maximum atomic E-state index is 5.77. The molecule has 2 heteroatoms. The van der Waals surface area contributed by atoms with E-state index in [-0.39, 0.29) is 6.10 Å². The number of nitrogens with zero attached hydrogens (tertiary/aromatic N) is 1. The van der Waals surface area contributed by atoms with Gasteiger partial charge in [-0.15, -0.1) is 0 Å². The molecule has 1 atom stereocenters. The van der Waals surface area contributed by atoms with Gasteiger partial charge in [0.1, 0.15) is 5.75 Å². The third kappa shape index (κ3) is 4.73. The Kier molecular flexibility index (Phi) is 5.76. The largest absolute Gasteiger partial charge is 0.491 e. The average Bonchev–Trinajstić information content (AvgIpc) is 2.54. The SMILES string of the molecule is CCC(C)Oc1ccc(C=Nc2ccc(C(C)C)cc2)cc1. The lowest BCUT2D eigenvalue weighted by Gasteiger charge is -2.12. The molecule has 0 saturated carbocycles. The van der Waals surface area contributed by atoms with Gasteiger partial charge in [0.05, 0.1) is 11.8 Å². The number of ether oxygens (including phenoxy) is 1. The van der Waals surface area contributed by atoms with Crippen molar-refractivity contribution >= 4 is 11.9 Å². The van der Waals surface area contributed by atoms with Crippen molar-refractivity contribution < 1.29 is 4.74 Å². The van der Waals surface area contributed by atoms with Crippen LogP contribution in [0.5, 0.6) is 5.75 Å². The van der Waals surface area contributed by atoms with Crippen LogP contribution in [0.1, 0.15) is 51.2 Å². The van der Waals surface area contributed by atoms with Crippen LogP contribution in [0.3, 0.4) is 0 Å². The number of hydrogen-bond acceptors (Lipinski definition) is 2. The van der Waals surface area contributed by atoms with Crippen LogP contribution in [0.4, 0.5) is 5.69 Å². The molecule has 22 heavy (non-hydrogen) atoms. The zero-order valence-electron chi connectivity index (χ0n) is 13.9. The lowest BCUT2D eigenvalue weighted by atomic mass is 10.0. The van der Waals surface area contributed by atoms with Crippen molar-refractivity contribution in [3.05, 3.63) is 59.7 Å². The number of rotatable bonds is 6. The summed E-state index contributed by atoms with van der Waals surface area (Å²) in [5.41, 5.74) is 3.39. The van der Waals surface area contributed by atoms with Crippen LogP contribution >= 0.6 is 0 Å². The maximum Gasteiger partial charge on any atom is 0.119 e. The second-order valence-corrected chi connectivity index (χ2v) is 5.91. The molecule has 0 bridgehead atoms. The van der Waals surface area contributed by atoms with E-state index in [1.54, 1.807) is 0 Å². The second kappa shape index (κ2) is 7.79. The maximum absolute atomic E-state index is 5.77. The quantitative estimate of drug-likeness (QED) is 0.623. The molecule has 0 fully saturated rings. The molecular formula is C20H25NO. The highest BCUT2D eigenvalue weighted by Crippen LogP contribution is 2.19. The van der Waals surface area contributed by atoms with E-state index in [1.165, 1.54) is 5.56 Å². The van der Waals surface area contributed by atoms with Gasteiger partial charge in [-0.2, -0.15) is 0 Å².